The molecule has 0 bridgehead atoms. The largest absolute Gasteiger partial charge is 0.365 e. The highest BCUT2D eigenvalue weighted by Crippen LogP contribution is 2.21. The predicted octanol–water partition coefficient (Wildman–Crippen LogP) is -0.696. The third kappa shape index (κ3) is 2.10. The SMILES string of the molecule is CNC(=O)C1CN(c2ncnc3nc[nH]c23)CCO1. The molecule has 3 heterocycles. The Morgan fingerprint density at radius 2 is 2.42 bits per heavy atom. The number of ether oxygens (including phenoxy) is 1. The third-order valence-electron chi connectivity index (χ3n) is 3.11. The fourth-order valence-electron chi connectivity index (χ4n) is 2.15. The number of hydrogen-bond donors (Lipinski definition) is 2. The zero-order valence-corrected chi connectivity index (χ0v) is 10.5. The van der Waals surface area contributed by atoms with E-state index in [2.05, 4.69) is 25.3 Å². The monoisotopic (exact) mass is 262 g/mol. The quantitative estimate of drug-likeness (QED) is 0.743. The van der Waals surface area contributed by atoms with E-state index >= 15 is 0 Å². The van der Waals surface area contributed by atoms with Gasteiger partial charge in [0.05, 0.1) is 19.5 Å². The molecule has 0 aliphatic carbocycles. The standard InChI is InChI=1S/C11H14N6O2/c1-12-11(18)7-4-17(2-3-19-7)10-8-9(14-5-13-8)15-6-16-10/h5-7H,2-4H2,1H3,(H,12,18)(H,13,14,15,16). The number of likely N-dealkylation sites (N-methyl/N-ethyl adjacent to an activating group) is 1. The molecular weight excluding hydrogens is 248 g/mol. The van der Waals surface area contributed by atoms with Crippen molar-refractivity contribution in [3.05, 3.63) is 12.7 Å². The number of H-pyrrole nitrogens is 1. The Bertz CT molecular complexity index is 598. The van der Waals surface area contributed by atoms with Crippen LogP contribution in [-0.4, -0.2) is 58.7 Å². The minimum absolute atomic E-state index is 0.125. The second-order valence-corrected chi connectivity index (χ2v) is 4.22. The summed E-state index contributed by atoms with van der Waals surface area (Å²) in [5.74, 6) is 0.624. The van der Waals surface area contributed by atoms with E-state index in [0.717, 1.165) is 11.3 Å². The molecule has 2 aromatic rings. The van der Waals surface area contributed by atoms with Gasteiger partial charge >= 0.3 is 0 Å². The number of fused-ring (bicyclic) bond motifs is 1. The van der Waals surface area contributed by atoms with Crippen LogP contribution >= 0.6 is 0 Å². The Kier molecular flexibility index (Phi) is 3.00. The number of nitrogens with one attached hydrogen (secondary N) is 2. The number of hydrogen-bond acceptors (Lipinski definition) is 6. The van der Waals surface area contributed by atoms with Gasteiger partial charge in [-0.1, -0.05) is 0 Å². The summed E-state index contributed by atoms with van der Waals surface area (Å²) in [4.78, 5) is 29.1. The first-order chi connectivity index (χ1) is 9.29. The minimum atomic E-state index is -0.480. The maximum Gasteiger partial charge on any atom is 0.250 e. The van der Waals surface area contributed by atoms with Crippen LogP contribution in [0.3, 0.4) is 0 Å². The topological polar surface area (TPSA) is 96.0 Å². The molecule has 0 spiro atoms. The van der Waals surface area contributed by atoms with Crippen molar-refractivity contribution >= 4 is 22.9 Å². The van der Waals surface area contributed by atoms with E-state index in [4.69, 9.17) is 4.74 Å². The van der Waals surface area contributed by atoms with Crippen LogP contribution in [0.2, 0.25) is 0 Å². The fourth-order valence-corrected chi connectivity index (χ4v) is 2.15. The summed E-state index contributed by atoms with van der Waals surface area (Å²) in [5.41, 5.74) is 1.40. The number of amides is 1. The minimum Gasteiger partial charge on any atom is -0.365 e. The van der Waals surface area contributed by atoms with E-state index in [1.54, 1.807) is 13.4 Å². The molecule has 1 atom stereocenters. The summed E-state index contributed by atoms with van der Waals surface area (Å²) >= 11 is 0. The van der Waals surface area contributed by atoms with Crippen molar-refractivity contribution in [3.8, 4) is 0 Å². The summed E-state index contributed by atoms with van der Waals surface area (Å²) < 4.78 is 5.45. The Balaban J connectivity index is 1.89. The second kappa shape index (κ2) is 4.81. The molecule has 1 saturated heterocycles. The van der Waals surface area contributed by atoms with Gasteiger partial charge in [-0.25, -0.2) is 15.0 Å². The lowest BCUT2D eigenvalue weighted by Crippen LogP contribution is -2.49. The van der Waals surface area contributed by atoms with Gasteiger partial charge in [-0.15, -0.1) is 0 Å². The fraction of sp³-hybridized carbons (Fsp3) is 0.455. The summed E-state index contributed by atoms with van der Waals surface area (Å²) in [6.45, 7) is 1.63. The van der Waals surface area contributed by atoms with Crippen molar-refractivity contribution in [1.82, 2.24) is 25.3 Å². The lowest BCUT2D eigenvalue weighted by atomic mass is 10.2. The first-order valence-corrected chi connectivity index (χ1v) is 6.02. The van der Waals surface area contributed by atoms with E-state index in [1.165, 1.54) is 6.33 Å². The van der Waals surface area contributed by atoms with Crippen LogP contribution in [0, 0.1) is 0 Å². The molecule has 0 saturated carbocycles. The first kappa shape index (κ1) is 11.8. The van der Waals surface area contributed by atoms with Crippen LogP contribution in [0.1, 0.15) is 0 Å². The van der Waals surface area contributed by atoms with E-state index in [9.17, 15) is 4.79 Å². The molecule has 8 nitrogen and oxygen atoms in total. The third-order valence-corrected chi connectivity index (χ3v) is 3.11. The van der Waals surface area contributed by atoms with E-state index in [0.29, 0.717) is 25.3 Å². The highest BCUT2D eigenvalue weighted by atomic mass is 16.5. The normalized spacial score (nSPS) is 19.6. The maximum absolute atomic E-state index is 11.6. The zero-order chi connectivity index (χ0) is 13.2. The Morgan fingerprint density at radius 3 is 3.26 bits per heavy atom. The molecule has 1 aliphatic heterocycles. The highest BCUT2D eigenvalue weighted by molar-refractivity contribution is 5.84. The van der Waals surface area contributed by atoms with Crippen molar-refractivity contribution < 1.29 is 9.53 Å². The van der Waals surface area contributed by atoms with E-state index in [-0.39, 0.29) is 5.91 Å². The van der Waals surface area contributed by atoms with Gasteiger partial charge in [0.2, 0.25) is 0 Å². The summed E-state index contributed by atoms with van der Waals surface area (Å²) in [5, 5.41) is 2.60. The van der Waals surface area contributed by atoms with Crippen LogP contribution < -0.4 is 10.2 Å². The van der Waals surface area contributed by atoms with Gasteiger partial charge in [0.25, 0.3) is 5.91 Å². The van der Waals surface area contributed by atoms with Gasteiger partial charge in [0.1, 0.15) is 11.8 Å². The molecule has 0 radical (unpaired) electrons. The van der Waals surface area contributed by atoms with Gasteiger partial charge in [0.15, 0.2) is 17.6 Å². The summed E-state index contributed by atoms with van der Waals surface area (Å²) in [7, 11) is 1.60. The Morgan fingerprint density at radius 1 is 1.53 bits per heavy atom. The molecular formula is C11H14N6O2. The molecule has 8 heteroatoms. The molecule has 19 heavy (non-hydrogen) atoms. The average molecular weight is 262 g/mol. The maximum atomic E-state index is 11.6. The van der Waals surface area contributed by atoms with Crippen molar-refractivity contribution in [2.45, 2.75) is 6.10 Å². The summed E-state index contributed by atoms with van der Waals surface area (Å²) in [6.07, 6.45) is 2.58. The number of rotatable bonds is 2. The number of carbonyl (C=O) groups is 1. The van der Waals surface area contributed by atoms with Crippen LogP contribution in [-0.2, 0) is 9.53 Å². The molecule has 2 aromatic heterocycles. The van der Waals surface area contributed by atoms with Crippen LogP contribution in [0.25, 0.3) is 11.2 Å². The number of aromatic amines is 1. The number of aromatic nitrogens is 4. The Hall–Kier alpha value is -2.22. The molecule has 1 fully saturated rings. The van der Waals surface area contributed by atoms with E-state index < -0.39 is 6.10 Å². The second-order valence-electron chi connectivity index (χ2n) is 4.22. The molecule has 0 aromatic carbocycles. The van der Waals surface area contributed by atoms with E-state index in [1.807, 2.05) is 4.90 Å². The molecule has 1 aliphatic rings. The zero-order valence-electron chi connectivity index (χ0n) is 10.5. The molecule has 1 amide bonds. The number of nitrogens with zero attached hydrogens (tertiary/aromatic N) is 4. The average Bonchev–Trinajstić information content (AvgIpc) is 2.94. The van der Waals surface area contributed by atoms with Gasteiger partial charge in [0, 0.05) is 13.6 Å². The van der Waals surface area contributed by atoms with Gasteiger partial charge in [-0.05, 0) is 0 Å². The smallest absolute Gasteiger partial charge is 0.250 e. The van der Waals surface area contributed by atoms with Crippen LogP contribution in [0.5, 0.6) is 0 Å². The van der Waals surface area contributed by atoms with Crippen molar-refractivity contribution in [3.63, 3.8) is 0 Å². The van der Waals surface area contributed by atoms with Gasteiger partial charge < -0.3 is 19.9 Å². The number of anilines is 1. The molecule has 100 valence electrons. The predicted molar refractivity (Wildman–Crippen MR) is 67.7 cm³/mol. The number of carbonyl (C=O) groups excluding carboxylic acids is 1. The molecule has 3 rings (SSSR count). The molecule has 1 unspecified atom stereocenters. The highest BCUT2D eigenvalue weighted by Gasteiger charge is 2.27. The lowest BCUT2D eigenvalue weighted by molar-refractivity contribution is -0.132. The van der Waals surface area contributed by atoms with Crippen LogP contribution in [0.15, 0.2) is 12.7 Å². The van der Waals surface area contributed by atoms with Crippen molar-refractivity contribution in [2.24, 2.45) is 0 Å². The van der Waals surface area contributed by atoms with Crippen LogP contribution in [0.4, 0.5) is 5.82 Å². The van der Waals surface area contributed by atoms with Gasteiger partial charge in [-0.3, -0.25) is 4.79 Å². The summed E-state index contributed by atoms with van der Waals surface area (Å²) in [6, 6.07) is 0. The first-order valence-electron chi connectivity index (χ1n) is 6.02. The van der Waals surface area contributed by atoms with Crippen molar-refractivity contribution in [2.75, 3.05) is 31.6 Å². The lowest BCUT2D eigenvalue weighted by Gasteiger charge is -2.32. The van der Waals surface area contributed by atoms with Gasteiger partial charge in [-0.2, -0.15) is 0 Å². The van der Waals surface area contributed by atoms with Crippen molar-refractivity contribution in [1.29, 1.82) is 0 Å². The number of morpholine rings is 1. The Labute approximate surface area is 109 Å². The number of imidazole rings is 1. The molecule has 2 N–H and O–H groups in total.